The average molecular weight is 290 g/mol. The zero-order valence-corrected chi connectivity index (χ0v) is 13.0. The fraction of sp³-hybridized carbons (Fsp3) is 0.562. The van der Waals surface area contributed by atoms with Crippen molar-refractivity contribution in [2.45, 2.75) is 19.9 Å². The van der Waals surface area contributed by atoms with E-state index in [4.69, 9.17) is 5.73 Å². The van der Waals surface area contributed by atoms with E-state index in [0.29, 0.717) is 19.1 Å². The van der Waals surface area contributed by atoms with Crippen molar-refractivity contribution in [2.24, 2.45) is 5.73 Å². The van der Waals surface area contributed by atoms with E-state index in [2.05, 4.69) is 22.0 Å². The van der Waals surface area contributed by atoms with Crippen LogP contribution in [0, 0.1) is 6.92 Å². The predicted molar refractivity (Wildman–Crippen MR) is 86.3 cm³/mol. The summed E-state index contributed by atoms with van der Waals surface area (Å²) in [6.45, 7) is 9.14. The highest BCUT2D eigenvalue weighted by atomic mass is 16.2. The summed E-state index contributed by atoms with van der Waals surface area (Å²) >= 11 is 0. The Labute approximate surface area is 127 Å². The van der Waals surface area contributed by atoms with Crippen LogP contribution in [0.4, 0.5) is 5.69 Å². The van der Waals surface area contributed by atoms with Gasteiger partial charge in [0.25, 0.3) is 0 Å². The number of amides is 1. The van der Waals surface area contributed by atoms with Crippen molar-refractivity contribution in [1.82, 2.24) is 9.80 Å². The lowest BCUT2D eigenvalue weighted by Gasteiger charge is -2.37. The van der Waals surface area contributed by atoms with Crippen LogP contribution in [0.5, 0.6) is 0 Å². The molecule has 1 aromatic carbocycles. The van der Waals surface area contributed by atoms with Crippen molar-refractivity contribution < 1.29 is 4.79 Å². The molecule has 0 aliphatic carbocycles. The second-order valence-corrected chi connectivity index (χ2v) is 5.81. The van der Waals surface area contributed by atoms with Crippen LogP contribution in [0.3, 0.4) is 0 Å². The monoisotopic (exact) mass is 290 g/mol. The Morgan fingerprint density at radius 2 is 1.86 bits per heavy atom. The van der Waals surface area contributed by atoms with Gasteiger partial charge in [-0.1, -0.05) is 17.7 Å². The first-order chi connectivity index (χ1) is 10.1. The number of rotatable bonds is 5. The van der Waals surface area contributed by atoms with Gasteiger partial charge in [-0.15, -0.1) is 0 Å². The van der Waals surface area contributed by atoms with Crippen LogP contribution in [-0.2, 0) is 4.79 Å². The Bertz CT molecular complexity index is 452. The summed E-state index contributed by atoms with van der Waals surface area (Å²) < 4.78 is 0. The van der Waals surface area contributed by atoms with Crippen LogP contribution in [-0.4, -0.2) is 61.0 Å². The highest BCUT2D eigenvalue weighted by Gasteiger charge is 2.21. The van der Waals surface area contributed by atoms with E-state index in [1.165, 1.54) is 5.56 Å². The molecule has 1 heterocycles. The quantitative estimate of drug-likeness (QED) is 0.846. The van der Waals surface area contributed by atoms with Gasteiger partial charge in [0.1, 0.15) is 0 Å². The Kier molecular flexibility index (Phi) is 5.73. The van der Waals surface area contributed by atoms with Gasteiger partial charge in [0, 0.05) is 44.5 Å². The molecule has 1 aromatic rings. The number of carbonyl (C=O) groups excluding carboxylic acids is 1. The van der Waals surface area contributed by atoms with Gasteiger partial charge < -0.3 is 11.1 Å². The number of nitrogens with one attached hydrogen (secondary N) is 1. The van der Waals surface area contributed by atoms with Gasteiger partial charge in [0.15, 0.2) is 0 Å². The topological polar surface area (TPSA) is 61.6 Å². The lowest BCUT2D eigenvalue weighted by atomic mass is 10.2. The first kappa shape index (κ1) is 15.9. The minimum absolute atomic E-state index is 0.0548. The SMILES string of the molecule is Cc1ccc(NC(=O)CN2CCN(C(C)CN)CC2)cc1. The highest BCUT2D eigenvalue weighted by Crippen LogP contribution is 2.09. The van der Waals surface area contributed by atoms with E-state index in [1.807, 2.05) is 31.2 Å². The molecule has 1 amide bonds. The second-order valence-electron chi connectivity index (χ2n) is 5.81. The van der Waals surface area contributed by atoms with E-state index in [1.54, 1.807) is 0 Å². The number of nitrogens with two attached hydrogens (primary N) is 1. The summed E-state index contributed by atoms with van der Waals surface area (Å²) in [4.78, 5) is 16.6. The van der Waals surface area contributed by atoms with Crippen molar-refractivity contribution in [3.05, 3.63) is 29.8 Å². The third kappa shape index (κ3) is 4.81. The molecule has 5 heteroatoms. The predicted octanol–water partition coefficient (Wildman–Crippen LogP) is 0.898. The number of benzene rings is 1. The molecule has 5 nitrogen and oxygen atoms in total. The van der Waals surface area contributed by atoms with Gasteiger partial charge in [-0.2, -0.15) is 0 Å². The number of nitrogens with zero attached hydrogens (tertiary/aromatic N) is 2. The first-order valence-electron chi connectivity index (χ1n) is 7.61. The normalized spacial score (nSPS) is 18.4. The van der Waals surface area contributed by atoms with Gasteiger partial charge in [-0.25, -0.2) is 0 Å². The highest BCUT2D eigenvalue weighted by molar-refractivity contribution is 5.92. The van der Waals surface area contributed by atoms with Gasteiger partial charge in [-0.05, 0) is 26.0 Å². The van der Waals surface area contributed by atoms with E-state index in [9.17, 15) is 4.79 Å². The maximum atomic E-state index is 12.1. The van der Waals surface area contributed by atoms with E-state index in [0.717, 1.165) is 31.9 Å². The molecule has 0 bridgehead atoms. The van der Waals surface area contributed by atoms with Crippen LogP contribution >= 0.6 is 0 Å². The van der Waals surface area contributed by atoms with Gasteiger partial charge in [0.2, 0.25) is 5.91 Å². The lowest BCUT2D eigenvalue weighted by molar-refractivity contribution is -0.117. The molecule has 1 atom stereocenters. The van der Waals surface area contributed by atoms with Gasteiger partial charge >= 0.3 is 0 Å². The molecule has 1 unspecified atom stereocenters. The molecule has 0 radical (unpaired) electrons. The molecule has 0 spiro atoms. The number of piperazine rings is 1. The summed E-state index contributed by atoms with van der Waals surface area (Å²) in [7, 11) is 0. The summed E-state index contributed by atoms with van der Waals surface area (Å²) in [5.41, 5.74) is 7.75. The van der Waals surface area contributed by atoms with Gasteiger partial charge in [0.05, 0.1) is 6.54 Å². The minimum Gasteiger partial charge on any atom is -0.329 e. The standard InChI is InChI=1S/C16H26N4O/c1-13-3-5-15(6-4-13)18-16(21)12-19-7-9-20(10-8-19)14(2)11-17/h3-6,14H,7-12,17H2,1-2H3,(H,18,21). The van der Waals surface area contributed by atoms with Crippen LogP contribution in [0.25, 0.3) is 0 Å². The Morgan fingerprint density at radius 1 is 1.24 bits per heavy atom. The molecule has 3 N–H and O–H groups in total. The zero-order valence-electron chi connectivity index (χ0n) is 13.0. The largest absolute Gasteiger partial charge is 0.329 e. The van der Waals surface area contributed by atoms with Crippen molar-refractivity contribution >= 4 is 11.6 Å². The summed E-state index contributed by atoms with van der Waals surface area (Å²) in [6.07, 6.45) is 0. The van der Waals surface area contributed by atoms with E-state index >= 15 is 0 Å². The molecule has 1 fully saturated rings. The van der Waals surface area contributed by atoms with Crippen LogP contribution < -0.4 is 11.1 Å². The van der Waals surface area contributed by atoms with Crippen LogP contribution in [0.2, 0.25) is 0 Å². The molecule has 1 aliphatic rings. The average Bonchev–Trinajstić information content (AvgIpc) is 2.49. The molecule has 21 heavy (non-hydrogen) atoms. The molecule has 116 valence electrons. The van der Waals surface area contributed by atoms with E-state index in [-0.39, 0.29) is 5.91 Å². The van der Waals surface area contributed by atoms with Crippen molar-refractivity contribution in [1.29, 1.82) is 0 Å². The molecule has 1 saturated heterocycles. The Hall–Kier alpha value is -1.43. The molecular weight excluding hydrogens is 264 g/mol. The second kappa shape index (κ2) is 7.54. The fourth-order valence-corrected chi connectivity index (χ4v) is 2.55. The fourth-order valence-electron chi connectivity index (χ4n) is 2.55. The lowest BCUT2D eigenvalue weighted by Crippen LogP contribution is -2.52. The van der Waals surface area contributed by atoms with Crippen molar-refractivity contribution in [3.63, 3.8) is 0 Å². The van der Waals surface area contributed by atoms with Crippen LogP contribution in [0.15, 0.2) is 24.3 Å². The number of hydrogen-bond acceptors (Lipinski definition) is 4. The Balaban J connectivity index is 1.75. The maximum absolute atomic E-state index is 12.1. The first-order valence-corrected chi connectivity index (χ1v) is 7.61. The number of hydrogen-bond donors (Lipinski definition) is 2. The van der Waals surface area contributed by atoms with E-state index < -0.39 is 0 Å². The Morgan fingerprint density at radius 3 is 2.43 bits per heavy atom. The van der Waals surface area contributed by atoms with Gasteiger partial charge in [-0.3, -0.25) is 14.6 Å². The summed E-state index contributed by atoms with van der Waals surface area (Å²) in [5, 5.41) is 2.95. The van der Waals surface area contributed by atoms with Crippen molar-refractivity contribution in [2.75, 3.05) is 44.6 Å². The molecule has 0 aromatic heterocycles. The molecular formula is C16H26N4O. The smallest absolute Gasteiger partial charge is 0.238 e. The molecule has 1 aliphatic heterocycles. The molecule has 0 saturated carbocycles. The third-order valence-corrected chi connectivity index (χ3v) is 4.07. The molecule has 2 rings (SSSR count). The zero-order chi connectivity index (χ0) is 15.2. The summed E-state index contributed by atoms with van der Waals surface area (Å²) in [5.74, 6) is 0.0548. The number of anilines is 1. The third-order valence-electron chi connectivity index (χ3n) is 4.07. The number of aryl methyl sites for hydroxylation is 1. The van der Waals surface area contributed by atoms with Crippen molar-refractivity contribution in [3.8, 4) is 0 Å². The van der Waals surface area contributed by atoms with Crippen LogP contribution in [0.1, 0.15) is 12.5 Å². The summed E-state index contributed by atoms with van der Waals surface area (Å²) in [6, 6.07) is 8.31. The minimum atomic E-state index is 0.0548. The maximum Gasteiger partial charge on any atom is 0.238 e. The number of carbonyl (C=O) groups is 1.